The van der Waals surface area contributed by atoms with Gasteiger partial charge in [-0.05, 0) is 27.8 Å². The summed E-state index contributed by atoms with van der Waals surface area (Å²) in [6.45, 7) is 6.29. The van der Waals surface area contributed by atoms with E-state index in [9.17, 15) is 4.79 Å². The fraction of sp³-hybridized carbons (Fsp3) is 0.545. The maximum absolute atomic E-state index is 11.5. The summed E-state index contributed by atoms with van der Waals surface area (Å²) in [4.78, 5) is 11.5. The van der Waals surface area contributed by atoms with Gasteiger partial charge in [-0.15, -0.1) is 0 Å². The highest BCUT2D eigenvalue weighted by Gasteiger charge is 2.15. The molecule has 0 aromatic carbocycles. The van der Waals surface area contributed by atoms with E-state index in [4.69, 9.17) is 0 Å². The highest BCUT2D eigenvalue weighted by Crippen LogP contribution is 2.20. The van der Waals surface area contributed by atoms with Crippen LogP contribution in [0.25, 0.3) is 0 Å². The minimum atomic E-state index is 0.118. The Morgan fingerprint density at radius 3 is 2.62 bits per heavy atom. The van der Waals surface area contributed by atoms with Gasteiger partial charge in [-0.1, -0.05) is 20.8 Å². The van der Waals surface area contributed by atoms with Gasteiger partial charge in [0.2, 0.25) is 0 Å². The molecular formula is C11H16OS. The van der Waals surface area contributed by atoms with Crippen LogP contribution in [0.3, 0.4) is 0 Å². The van der Waals surface area contributed by atoms with Gasteiger partial charge < -0.3 is 0 Å². The monoisotopic (exact) mass is 196 g/mol. The van der Waals surface area contributed by atoms with Crippen molar-refractivity contribution in [3.63, 3.8) is 0 Å². The largest absolute Gasteiger partial charge is 0.299 e. The molecule has 0 aliphatic carbocycles. The van der Waals surface area contributed by atoms with Crippen molar-refractivity contribution in [2.45, 2.75) is 33.6 Å². The normalized spacial score (nSPS) is 11.6. The lowest BCUT2D eigenvalue weighted by atomic mass is 9.88. The van der Waals surface area contributed by atoms with Crippen LogP contribution in [0.2, 0.25) is 0 Å². The second kappa shape index (κ2) is 4.05. The predicted octanol–water partition coefficient (Wildman–Crippen LogP) is 3.30. The van der Waals surface area contributed by atoms with Gasteiger partial charge in [0.1, 0.15) is 5.78 Å². The van der Waals surface area contributed by atoms with Crippen molar-refractivity contribution in [1.29, 1.82) is 0 Å². The van der Waals surface area contributed by atoms with Crippen molar-refractivity contribution >= 4 is 17.1 Å². The minimum absolute atomic E-state index is 0.118. The first-order valence-electron chi connectivity index (χ1n) is 4.50. The lowest BCUT2D eigenvalue weighted by Gasteiger charge is -2.16. The number of hydrogen-bond donors (Lipinski definition) is 0. The lowest BCUT2D eigenvalue weighted by Crippen LogP contribution is -2.14. The van der Waals surface area contributed by atoms with Crippen LogP contribution in [-0.4, -0.2) is 5.78 Å². The Kier molecular flexibility index (Phi) is 3.26. The van der Waals surface area contributed by atoms with E-state index in [0.29, 0.717) is 18.6 Å². The third-order valence-electron chi connectivity index (χ3n) is 1.71. The smallest absolute Gasteiger partial charge is 0.137 e. The van der Waals surface area contributed by atoms with E-state index in [0.717, 1.165) is 5.56 Å². The van der Waals surface area contributed by atoms with E-state index in [1.807, 2.05) is 16.8 Å². The van der Waals surface area contributed by atoms with Gasteiger partial charge in [0, 0.05) is 12.8 Å². The lowest BCUT2D eigenvalue weighted by molar-refractivity contribution is -0.120. The third-order valence-corrected chi connectivity index (χ3v) is 2.44. The van der Waals surface area contributed by atoms with Crippen molar-refractivity contribution in [3.05, 3.63) is 22.4 Å². The summed E-state index contributed by atoms with van der Waals surface area (Å²) in [7, 11) is 0. The van der Waals surface area contributed by atoms with Crippen LogP contribution >= 0.6 is 11.3 Å². The summed E-state index contributed by atoms with van der Waals surface area (Å²) < 4.78 is 0. The fourth-order valence-corrected chi connectivity index (χ4v) is 1.94. The Balaban J connectivity index is 2.43. The summed E-state index contributed by atoms with van der Waals surface area (Å²) in [6, 6.07) is 2.02. The molecule has 0 bridgehead atoms. The third kappa shape index (κ3) is 4.23. The van der Waals surface area contributed by atoms with Gasteiger partial charge in [-0.3, -0.25) is 4.79 Å². The van der Waals surface area contributed by atoms with Crippen LogP contribution in [0.5, 0.6) is 0 Å². The SMILES string of the molecule is CC(C)(C)CC(=O)Cc1ccsc1. The van der Waals surface area contributed by atoms with Crippen molar-refractivity contribution in [3.8, 4) is 0 Å². The number of thiophene rings is 1. The zero-order valence-corrected chi connectivity index (χ0v) is 9.28. The topological polar surface area (TPSA) is 17.1 Å². The van der Waals surface area contributed by atoms with Crippen LogP contribution in [0.15, 0.2) is 16.8 Å². The Hall–Kier alpha value is -0.630. The number of rotatable bonds is 3. The van der Waals surface area contributed by atoms with Crippen molar-refractivity contribution in [2.24, 2.45) is 5.41 Å². The molecule has 1 heterocycles. The van der Waals surface area contributed by atoms with Crippen LogP contribution in [-0.2, 0) is 11.2 Å². The molecule has 1 aromatic rings. The van der Waals surface area contributed by atoms with E-state index in [-0.39, 0.29) is 5.41 Å². The summed E-state index contributed by atoms with van der Waals surface area (Å²) in [5, 5.41) is 4.06. The molecule has 1 aromatic heterocycles. The number of ketones is 1. The van der Waals surface area contributed by atoms with Crippen molar-refractivity contribution in [2.75, 3.05) is 0 Å². The molecule has 0 aliphatic heterocycles. The predicted molar refractivity (Wildman–Crippen MR) is 57.1 cm³/mol. The Labute approximate surface area is 83.8 Å². The second-order valence-electron chi connectivity index (χ2n) is 4.58. The molecule has 1 rings (SSSR count). The quantitative estimate of drug-likeness (QED) is 0.725. The van der Waals surface area contributed by atoms with E-state index < -0.39 is 0 Å². The molecule has 0 unspecified atom stereocenters. The molecule has 1 nitrogen and oxygen atoms in total. The second-order valence-corrected chi connectivity index (χ2v) is 5.36. The molecule has 0 N–H and O–H groups in total. The number of hydrogen-bond acceptors (Lipinski definition) is 2. The molecule has 0 amide bonds. The first kappa shape index (κ1) is 10.5. The fourth-order valence-electron chi connectivity index (χ4n) is 1.27. The first-order chi connectivity index (χ1) is 5.97. The Morgan fingerprint density at radius 1 is 1.46 bits per heavy atom. The summed E-state index contributed by atoms with van der Waals surface area (Å²) in [5.41, 5.74) is 1.27. The van der Waals surface area contributed by atoms with E-state index in [2.05, 4.69) is 20.8 Å². The van der Waals surface area contributed by atoms with Crippen LogP contribution in [0.4, 0.5) is 0 Å². The maximum atomic E-state index is 11.5. The zero-order chi connectivity index (χ0) is 9.90. The molecule has 0 fully saturated rings. The Morgan fingerprint density at radius 2 is 2.15 bits per heavy atom. The first-order valence-corrected chi connectivity index (χ1v) is 5.44. The molecule has 0 saturated carbocycles. The molecule has 0 spiro atoms. The van der Waals surface area contributed by atoms with Gasteiger partial charge >= 0.3 is 0 Å². The van der Waals surface area contributed by atoms with Crippen molar-refractivity contribution < 1.29 is 4.79 Å². The van der Waals surface area contributed by atoms with E-state index in [1.165, 1.54) is 0 Å². The molecular weight excluding hydrogens is 180 g/mol. The molecule has 0 aliphatic rings. The standard InChI is InChI=1S/C11H16OS/c1-11(2,3)7-10(12)6-9-4-5-13-8-9/h4-5,8H,6-7H2,1-3H3. The summed E-state index contributed by atoms with van der Waals surface area (Å²) in [6.07, 6.45) is 1.27. The molecule has 0 atom stereocenters. The average molecular weight is 196 g/mol. The summed E-state index contributed by atoms with van der Waals surface area (Å²) in [5.74, 6) is 0.339. The van der Waals surface area contributed by atoms with Crippen LogP contribution in [0.1, 0.15) is 32.8 Å². The number of carbonyl (C=O) groups excluding carboxylic acids is 1. The maximum Gasteiger partial charge on any atom is 0.137 e. The van der Waals surface area contributed by atoms with E-state index >= 15 is 0 Å². The summed E-state index contributed by atoms with van der Waals surface area (Å²) >= 11 is 1.65. The molecule has 0 radical (unpaired) electrons. The van der Waals surface area contributed by atoms with E-state index in [1.54, 1.807) is 11.3 Å². The molecule has 0 saturated heterocycles. The average Bonchev–Trinajstić information content (AvgIpc) is 2.34. The Bertz CT molecular complexity index is 267. The van der Waals surface area contributed by atoms with Gasteiger partial charge in [0.15, 0.2) is 0 Å². The molecule has 13 heavy (non-hydrogen) atoms. The minimum Gasteiger partial charge on any atom is -0.299 e. The van der Waals surface area contributed by atoms with Gasteiger partial charge in [-0.25, -0.2) is 0 Å². The zero-order valence-electron chi connectivity index (χ0n) is 8.46. The van der Waals surface area contributed by atoms with Crippen LogP contribution in [0, 0.1) is 5.41 Å². The van der Waals surface area contributed by atoms with Gasteiger partial charge in [-0.2, -0.15) is 11.3 Å². The van der Waals surface area contributed by atoms with Crippen molar-refractivity contribution in [1.82, 2.24) is 0 Å². The van der Waals surface area contributed by atoms with Gasteiger partial charge in [0.05, 0.1) is 0 Å². The highest BCUT2D eigenvalue weighted by atomic mass is 32.1. The molecule has 72 valence electrons. The number of carbonyl (C=O) groups is 1. The highest BCUT2D eigenvalue weighted by molar-refractivity contribution is 7.07. The number of Topliss-reactive ketones (excluding diaryl/α,β-unsaturated/α-hetero) is 1. The van der Waals surface area contributed by atoms with Crippen LogP contribution < -0.4 is 0 Å². The van der Waals surface area contributed by atoms with Gasteiger partial charge in [0.25, 0.3) is 0 Å². The molecule has 2 heteroatoms.